The van der Waals surface area contributed by atoms with Gasteiger partial charge in [0.05, 0.1) is 13.5 Å². The van der Waals surface area contributed by atoms with Gasteiger partial charge in [-0.05, 0) is 35.9 Å². The molecule has 3 rings (SSSR count). The van der Waals surface area contributed by atoms with E-state index in [1.807, 2.05) is 0 Å². The highest BCUT2D eigenvalue weighted by molar-refractivity contribution is 6.06. The normalized spacial score (nSPS) is 12.5. The summed E-state index contributed by atoms with van der Waals surface area (Å²) in [6, 6.07) is 8.61. The molecule has 1 aliphatic heterocycles. The van der Waals surface area contributed by atoms with Crippen LogP contribution in [0.25, 0.3) is 0 Å². The standard InChI is InChI=1S/C15H13N3O3/c1-21-15-11(3-2-6-16-15)14(20)17-10-4-5-12-9(7-10)8-13(19)18-12/h2-7H,8H2,1H3,(H,17,20)(H,18,19). The number of aromatic nitrogens is 1. The Bertz CT molecular complexity index is 728. The number of carbonyl (C=O) groups excluding carboxylic acids is 2. The molecule has 0 fully saturated rings. The molecular weight excluding hydrogens is 270 g/mol. The number of nitrogens with zero attached hydrogens (tertiary/aromatic N) is 1. The molecule has 0 saturated carbocycles. The lowest BCUT2D eigenvalue weighted by Crippen LogP contribution is -2.13. The van der Waals surface area contributed by atoms with E-state index in [1.165, 1.54) is 7.11 Å². The van der Waals surface area contributed by atoms with Gasteiger partial charge in [-0.15, -0.1) is 0 Å². The van der Waals surface area contributed by atoms with Crippen LogP contribution in [0.3, 0.4) is 0 Å². The van der Waals surface area contributed by atoms with Gasteiger partial charge >= 0.3 is 0 Å². The number of methoxy groups -OCH3 is 1. The number of pyridine rings is 1. The summed E-state index contributed by atoms with van der Waals surface area (Å²) < 4.78 is 5.07. The second kappa shape index (κ2) is 5.24. The van der Waals surface area contributed by atoms with Crippen molar-refractivity contribution in [1.29, 1.82) is 0 Å². The molecule has 2 amide bonds. The minimum absolute atomic E-state index is 0.0394. The molecule has 0 atom stereocenters. The zero-order valence-electron chi connectivity index (χ0n) is 11.3. The number of benzene rings is 1. The van der Waals surface area contributed by atoms with Gasteiger partial charge in [-0.25, -0.2) is 4.98 Å². The van der Waals surface area contributed by atoms with Crippen LogP contribution in [0.15, 0.2) is 36.5 Å². The van der Waals surface area contributed by atoms with Gasteiger partial charge in [0.25, 0.3) is 5.91 Å². The first-order valence-corrected chi connectivity index (χ1v) is 6.40. The van der Waals surface area contributed by atoms with Crippen LogP contribution in [0.4, 0.5) is 11.4 Å². The van der Waals surface area contributed by atoms with Crippen molar-refractivity contribution in [1.82, 2.24) is 4.98 Å². The Kier molecular flexibility index (Phi) is 3.27. The van der Waals surface area contributed by atoms with Crippen molar-refractivity contribution in [3.63, 3.8) is 0 Å². The Labute approximate surface area is 121 Å². The number of amides is 2. The third kappa shape index (κ3) is 2.55. The average Bonchev–Trinajstić information content (AvgIpc) is 2.86. The topological polar surface area (TPSA) is 80.3 Å². The predicted molar refractivity (Wildman–Crippen MR) is 77.5 cm³/mol. The molecule has 2 aromatic rings. The van der Waals surface area contributed by atoms with E-state index in [1.54, 1.807) is 36.5 Å². The SMILES string of the molecule is COc1ncccc1C(=O)Nc1ccc2c(c1)CC(=O)N2. The number of anilines is 2. The molecule has 6 nitrogen and oxygen atoms in total. The largest absolute Gasteiger partial charge is 0.480 e. The first-order valence-electron chi connectivity index (χ1n) is 6.40. The van der Waals surface area contributed by atoms with Crippen molar-refractivity contribution in [2.75, 3.05) is 17.7 Å². The smallest absolute Gasteiger partial charge is 0.261 e. The summed E-state index contributed by atoms with van der Waals surface area (Å²) in [5.41, 5.74) is 2.64. The second-order valence-corrected chi connectivity index (χ2v) is 4.61. The second-order valence-electron chi connectivity index (χ2n) is 4.61. The van der Waals surface area contributed by atoms with E-state index in [0.29, 0.717) is 17.7 Å². The summed E-state index contributed by atoms with van der Waals surface area (Å²) in [6.45, 7) is 0. The van der Waals surface area contributed by atoms with Crippen molar-refractivity contribution in [3.8, 4) is 5.88 Å². The maximum Gasteiger partial charge on any atom is 0.261 e. The Morgan fingerprint density at radius 3 is 3.05 bits per heavy atom. The first-order chi connectivity index (χ1) is 10.2. The minimum Gasteiger partial charge on any atom is -0.480 e. The summed E-state index contributed by atoms with van der Waals surface area (Å²) in [5.74, 6) is -0.0763. The van der Waals surface area contributed by atoms with Crippen LogP contribution in [-0.2, 0) is 11.2 Å². The Balaban J connectivity index is 1.82. The highest BCUT2D eigenvalue weighted by Gasteiger charge is 2.19. The molecule has 6 heteroatoms. The van der Waals surface area contributed by atoms with Crippen molar-refractivity contribution in [2.24, 2.45) is 0 Å². The average molecular weight is 283 g/mol. The summed E-state index contributed by atoms with van der Waals surface area (Å²) in [5, 5.41) is 5.53. The van der Waals surface area contributed by atoms with Crippen LogP contribution in [-0.4, -0.2) is 23.9 Å². The number of nitrogens with one attached hydrogen (secondary N) is 2. The molecule has 2 heterocycles. The maximum atomic E-state index is 12.2. The van der Waals surface area contributed by atoms with Gasteiger partial charge in [0, 0.05) is 17.6 Å². The summed E-state index contributed by atoms with van der Waals surface area (Å²) in [6.07, 6.45) is 1.89. The molecule has 2 N–H and O–H groups in total. The number of hydrogen-bond donors (Lipinski definition) is 2. The highest BCUT2D eigenvalue weighted by atomic mass is 16.5. The number of fused-ring (bicyclic) bond motifs is 1. The molecule has 0 radical (unpaired) electrons. The van der Waals surface area contributed by atoms with Gasteiger partial charge in [0.1, 0.15) is 5.56 Å². The van der Waals surface area contributed by atoms with Gasteiger partial charge in [-0.2, -0.15) is 0 Å². The van der Waals surface area contributed by atoms with Gasteiger partial charge in [-0.1, -0.05) is 0 Å². The Morgan fingerprint density at radius 2 is 2.24 bits per heavy atom. The summed E-state index contributed by atoms with van der Waals surface area (Å²) >= 11 is 0. The quantitative estimate of drug-likeness (QED) is 0.900. The van der Waals surface area contributed by atoms with Crippen molar-refractivity contribution in [3.05, 3.63) is 47.7 Å². The molecule has 0 spiro atoms. The van der Waals surface area contributed by atoms with E-state index in [9.17, 15) is 9.59 Å². The van der Waals surface area contributed by atoms with Crippen molar-refractivity contribution >= 4 is 23.2 Å². The van der Waals surface area contributed by atoms with Crippen molar-refractivity contribution in [2.45, 2.75) is 6.42 Å². The lowest BCUT2D eigenvalue weighted by molar-refractivity contribution is -0.115. The van der Waals surface area contributed by atoms with E-state index in [2.05, 4.69) is 15.6 Å². The number of rotatable bonds is 3. The van der Waals surface area contributed by atoms with Gasteiger partial charge < -0.3 is 15.4 Å². The predicted octanol–water partition coefficient (Wildman–Crippen LogP) is 1.84. The lowest BCUT2D eigenvalue weighted by atomic mass is 10.1. The molecule has 0 unspecified atom stereocenters. The highest BCUT2D eigenvalue weighted by Crippen LogP contribution is 2.26. The number of carbonyl (C=O) groups is 2. The Morgan fingerprint density at radius 1 is 1.38 bits per heavy atom. The van der Waals surface area contributed by atoms with Crippen LogP contribution in [0.2, 0.25) is 0 Å². The fourth-order valence-corrected chi connectivity index (χ4v) is 2.23. The lowest BCUT2D eigenvalue weighted by Gasteiger charge is -2.09. The van der Waals surface area contributed by atoms with Gasteiger partial charge in [0.15, 0.2) is 0 Å². The monoisotopic (exact) mass is 283 g/mol. The first kappa shape index (κ1) is 13.1. The third-order valence-electron chi connectivity index (χ3n) is 3.20. The molecule has 0 bridgehead atoms. The van der Waals surface area contributed by atoms with E-state index in [-0.39, 0.29) is 17.7 Å². The van der Waals surface area contributed by atoms with Crippen molar-refractivity contribution < 1.29 is 14.3 Å². The zero-order valence-corrected chi connectivity index (χ0v) is 11.3. The number of hydrogen-bond acceptors (Lipinski definition) is 4. The van der Waals surface area contributed by atoms with E-state index in [0.717, 1.165) is 11.3 Å². The van der Waals surface area contributed by atoms with E-state index >= 15 is 0 Å². The molecule has 1 aliphatic rings. The molecule has 106 valence electrons. The Hall–Kier alpha value is -2.89. The van der Waals surface area contributed by atoms with Crippen LogP contribution in [0.1, 0.15) is 15.9 Å². The maximum absolute atomic E-state index is 12.2. The molecule has 1 aromatic carbocycles. The molecule has 0 saturated heterocycles. The van der Waals surface area contributed by atoms with E-state index in [4.69, 9.17) is 4.74 Å². The fraction of sp³-hybridized carbons (Fsp3) is 0.133. The van der Waals surface area contributed by atoms with Crippen LogP contribution >= 0.6 is 0 Å². The molecule has 1 aromatic heterocycles. The summed E-state index contributed by atoms with van der Waals surface area (Å²) in [4.78, 5) is 27.5. The van der Waals surface area contributed by atoms with Gasteiger partial charge in [0.2, 0.25) is 11.8 Å². The van der Waals surface area contributed by atoms with Crippen LogP contribution in [0.5, 0.6) is 5.88 Å². The number of ether oxygens (including phenoxy) is 1. The zero-order chi connectivity index (χ0) is 14.8. The summed E-state index contributed by atoms with van der Waals surface area (Å²) in [7, 11) is 1.46. The molecule has 0 aliphatic carbocycles. The molecular formula is C15H13N3O3. The van der Waals surface area contributed by atoms with E-state index < -0.39 is 0 Å². The van der Waals surface area contributed by atoms with Crippen LogP contribution in [0, 0.1) is 0 Å². The van der Waals surface area contributed by atoms with Gasteiger partial charge in [-0.3, -0.25) is 9.59 Å². The minimum atomic E-state index is -0.308. The molecule has 21 heavy (non-hydrogen) atoms. The fourth-order valence-electron chi connectivity index (χ4n) is 2.23. The van der Waals surface area contributed by atoms with Crippen LogP contribution < -0.4 is 15.4 Å². The third-order valence-corrected chi connectivity index (χ3v) is 3.20.